The van der Waals surface area contributed by atoms with E-state index in [2.05, 4.69) is 41.7 Å². The summed E-state index contributed by atoms with van der Waals surface area (Å²) in [6, 6.07) is 5.29. The Labute approximate surface area is 329 Å². The van der Waals surface area contributed by atoms with E-state index in [1.807, 2.05) is 50.4 Å². The highest BCUT2D eigenvalue weighted by atomic mass is 32.2. The number of amides is 6. The van der Waals surface area contributed by atoms with Gasteiger partial charge in [0, 0.05) is 24.9 Å². The Morgan fingerprint density at radius 1 is 0.982 bits per heavy atom. The van der Waals surface area contributed by atoms with E-state index in [4.69, 9.17) is 0 Å². The topological polar surface area (TPSA) is 209 Å². The van der Waals surface area contributed by atoms with Gasteiger partial charge in [0.25, 0.3) is 5.91 Å². The van der Waals surface area contributed by atoms with Crippen LogP contribution in [0.2, 0.25) is 0 Å². The Morgan fingerprint density at radius 3 is 2.38 bits per heavy atom. The van der Waals surface area contributed by atoms with Gasteiger partial charge in [-0.15, -0.1) is 11.3 Å². The summed E-state index contributed by atoms with van der Waals surface area (Å²) in [4.78, 5) is 91.7. The molecule has 298 valence electrons. The molecule has 5 N–H and O–H groups in total. The monoisotopic (exact) mass is 796 g/mol. The molecule has 0 aliphatic carbocycles. The van der Waals surface area contributed by atoms with E-state index in [1.54, 1.807) is 23.3 Å². The van der Waals surface area contributed by atoms with Crippen molar-refractivity contribution >= 4 is 58.5 Å². The molecule has 5 atom stereocenters. The number of carbonyl (C=O) groups excluding carboxylic acids is 6. The Morgan fingerprint density at radius 2 is 1.71 bits per heavy atom. The average molecular weight is 797 g/mol. The second kappa shape index (κ2) is 21.3. The molecule has 3 heterocycles. The Balaban J connectivity index is 1.71. The highest BCUT2D eigenvalue weighted by molar-refractivity contribution is 7.98. The van der Waals surface area contributed by atoms with Crippen molar-refractivity contribution in [1.29, 1.82) is 0 Å². The molecule has 0 saturated heterocycles. The van der Waals surface area contributed by atoms with E-state index in [0.29, 0.717) is 36.6 Å². The zero-order valence-electron chi connectivity index (χ0n) is 31.9. The predicted molar refractivity (Wildman–Crippen MR) is 210 cm³/mol. The van der Waals surface area contributed by atoms with Gasteiger partial charge in [-0.3, -0.25) is 33.4 Å². The maximum atomic E-state index is 14.1. The molecule has 0 radical (unpaired) electrons. The van der Waals surface area contributed by atoms with Crippen molar-refractivity contribution < 1.29 is 28.8 Å². The number of fused-ring (bicyclic) bond motifs is 2. The lowest BCUT2D eigenvalue weighted by molar-refractivity contribution is -0.137. The molecule has 16 nitrogen and oxygen atoms in total. The lowest BCUT2D eigenvalue weighted by Crippen LogP contribution is -2.58. The average Bonchev–Trinajstić information content (AvgIpc) is 3.87. The number of nitrogens with zero attached hydrogens (tertiary/aromatic N) is 5. The molecule has 0 saturated carbocycles. The molecule has 18 heteroatoms. The molecule has 6 amide bonds. The first-order valence-electron chi connectivity index (χ1n) is 18.5. The molecule has 4 rings (SSSR count). The fraction of sp³-hybridized carbons (Fsp3) is 0.541. The SMILES string of the molecule is CC[C@@H]1NC(=O)[C@@H](C)NC(=O)c2csc(n2)[C@H](C(C)C)NC(=O)CN(C(=O)CCCn2cncn2)C[C@H](Cc2ccccc2)NC(=O)[C@H](CCSC)NC1=O. The number of aromatic nitrogens is 4. The van der Waals surface area contributed by atoms with Gasteiger partial charge in [-0.1, -0.05) is 51.1 Å². The normalized spacial score (nSPS) is 22.2. The maximum absolute atomic E-state index is 14.1. The fourth-order valence-corrected chi connectivity index (χ4v) is 7.48. The third-order valence-corrected chi connectivity index (χ3v) is 10.6. The molecule has 1 aromatic carbocycles. The number of rotatable bonds is 11. The fourth-order valence-electron chi connectivity index (χ4n) is 5.98. The number of hydrogen-bond acceptors (Lipinski definition) is 11. The number of thioether (sulfide) groups is 1. The molecule has 0 unspecified atom stereocenters. The summed E-state index contributed by atoms with van der Waals surface area (Å²) in [5.74, 6) is -2.50. The Hall–Kier alpha value is -4.84. The van der Waals surface area contributed by atoms with Crippen LogP contribution >= 0.6 is 23.1 Å². The first-order chi connectivity index (χ1) is 26.4. The summed E-state index contributed by atoms with van der Waals surface area (Å²) < 4.78 is 1.62. The number of carbonyl (C=O) groups is 6. The lowest BCUT2D eigenvalue weighted by atomic mass is 10.0. The van der Waals surface area contributed by atoms with Gasteiger partial charge in [-0.25, -0.2) is 9.97 Å². The summed E-state index contributed by atoms with van der Waals surface area (Å²) in [7, 11) is 0. The van der Waals surface area contributed by atoms with Gasteiger partial charge in [0.1, 0.15) is 41.5 Å². The summed E-state index contributed by atoms with van der Waals surface area (Å²) in [5.41, 5.74) is 0.973. The number of hydrogen-bond donors (Lipinski definition) is 5. The van der Waals surface area contributed by atoms with Crippen molar-refractivity contribution in [1.82, 2.24) is 51.2 Å². The van der Waals surface area contributed by atoms with Crippen LogP contribution in [0.4, 0.5) is 0 Å². The largest absolute Gasteiger partial charge is 0.349 e. The van der Waals surface area contributed by atoms with Gasteiger partial charge >= 0.3 is 0 Å². The van der Waals surface area contributed by atoms with E-state index in [1.165, 1.54) is 41.2 Å². The first-order valence-corrected chi connectivity index (χ1v) is 20.8. The highest BCUT2D eigenvalue weighted by Crippen LogP contribution is 2.25. The van der Waals surface area contributed by atoms with Crippen LogP contribution in [0.25, 0.3) is 0 Å². The zero-order chi connectivity index (χ0) is 39.9. The van der Waals surface area contributed by atoms with Crippen LogP contribution in [0.1, 0.15) is 80.5 Å². The molecular formula is C37H52N10O6S2. The molecule has 2 aromatic heterocycles. The van der Waals surface area contributed by atoms with Crippen LogP contribution in [0.15, 0.2) is 48.4 Å². The quantitative estimate of drug-likeness (QED) is 0.190. The van der Waals surface area contributed by atoms with Crippen LogP contribution in [0.5, 0.6) is 0 Å². The first kappa shape index (κ1) is 42.9. The van der Waals surface area contributed by atoms with Gasteiger partial charge in [-0.2, -0.15) is 16.9 Å². The molecule has 55 heavy (non-hydrogen) atoms. The summed E-state index contributed by atoms with van der Waals surface area (Å²) in [6.45, 7) is 7.19. The number of thiazole rings is 1. The number of nitrogens with one attached hydrogen (secondary N) is 5. The molecule has 3 aromatic rings. The van der Waals surface area contributed by atoms with E-state index in [9.17, 15) is 28.8 Å². The van der Waals surface area contributed by atoms with Crippen molar-refractivity contribution in [3.63, 3.8) is 0 Å². The summed E-state index contributed by atoms with van der Waals surface area (Å²) in [6.07, 6.45) is 6.28. The zero-order valence-corrected chi connectivity index (χ0v) is 33.6. The minimum atomic E-state index is -1.01. The van der Waals surface area contributed by atoms with Gasteiger partial charge in [0.2, 0.25) is 29.5 Å². The molecule has 2 bridgehead atoms. The van der Waals surface area contributed by atoms with Crippen molar-refractivity contribution in [2.75, 3.05) is 25.1 Å². The minimum Gasteiger partial charge on any atom is -0.349 e. The molecule has 0 fully saturated rings. The van der Waals surface area contributed by atoms with Gasteiger partial charge in [0.15, 0.2) is 0 Å². The Bertz CT molecular complexity index is 1740. The molecule has 0 spiro atoms. The predicted octanol–water partition coefficient (Wildman–Crippen LogP) is 1.85. The van der Waals surface area contributed by atoms with E-state index >= 15 is 0 Å². The van der Waals surface area contributed by atoms with Crippen molar-refractivity contribution in [3.8, 4) is 0 Å². The number of aryl methyl sites for hydroxylation is 1. The van der Waals surface area contributed by atoms with Crippen molar-refractivity contribution in [3.05, 3.63) is 64.6 Å². The van der Waals surface area contributed by atoms with Crippen molar-refractivity contribution in [2.24, 2.45) is 5.92 Å². The van der Waals surface area contributed by atoms with Gasteiger partial charge in [0.05, 0.1) is 18.6 Å². The highest BCUT2D eigenvalue weighted by Gasteiger charge is 2.31. The van der Waals surface area contributed by atoms with Gasteiger partial charge < -0.3 is 31.5 Å². The van der Waals surface area contributed by atoms with Crippen LogP contribution in [0.3, 0.4) is 0 Å². The smallest absolute Gasteiger partial charge is 0.271 e. The van der Waals surface area contributed by atoms with Crippen LogP contribution in [-0.4, -0.2) is 109 Å². The third-order valence-electron chi connectivity index (χ3n) is 9.07. The van der Waals surface area contributed by atoms with E-state index in [0.717, 1.165) is 5.56 Å². The molecule has 1 aliphatic heterocycles. The lowest BCUT2D eigenvalue weighted by Gasteiger charge is -2.31. The second-order valence-electron chi connectivity index (χ2n) is 13.8. The summed E-state index contributed by atoms with van der Waals surface area (Å²) in [5, 5.41) is 20.4. The standard InChI is InChI=1S/C37H52N10O6S2/c1-6-27-34(51)43-28(14-16-54-5)35(52)41-26(17-25-11-8-7-9-12-25)18-46(31(49)13-10-15-47-22-38-21-39-47)19-30(48)45-32(23(2)3)37-44-29(20-55-37)36(53)40-24(4)33(50)42-27/h7-9,11-12,20-24,26-28,32H,6,10,13-19H2,1-5H3,(H,40,53)(H,41,52)(H,42,50)(H,43,51)(H,45,48)/t24-,26+,27+,28+,32+/m1/s1. The number of benzene rings is 1. The third kappa shape index (κ3) is 13.2. The van der Waals surface area contributed by atoms with Crippen molar-refractivity contribution in [2.45, 2.75) is 96.6 Å². The summed E-state index contributed by atoms with van der Waals surface area (Å²) >= 11 is 2.71. The maximum Gasteiger partial charge on any atom is 0.271 e. The van der Waals surface area contributed by atoms with Crippen LogP contribution in [0, 0.1) is 5.92 Å². The van der Waals surface area contributed by atoms with Crippen LogP contribution < -0.4 is 26.6 Å². The Kier molecular flexibility index (Phi) is 16.6. The minimum absolute atomic E-state index is 0.00114. The molecular weight excluding hydrogens is 745 g/mol. The van der Waals surface area contributed by atoms with Crippen LogP contribution in [-0.2, 0) is 36.9 Å². The van der Waals surface area contributed by atoms with Gasteiger partial charge in [-0.05, 0) is 56.1 Å². The molecule has 1 aliphatic rings. The van der Waals surface area contributed by atoms with E-state index < -0.39 is 59.7 Å². The second-order valence-corrected chi connectivity index (χ2v) is 15.7. The van der Waals surface area contributed by atoms with E-state index in [-0.39, 0.29) is 43.5 Å².